The molecule has 4 nitrogen and oxygen atoms in total. The maximum atomic E-state index is 9.87. The van der Waals surface area contributed by atoms with E-state index in [2.05, 4.69) is 26.1 Å². The summed E-state index contributed by atoms with van der Waals surface area (Å²) in [5, 5.41) is 17.2. The molecule has 0 saturated carbocycles. The molecular weight excluding hydrogens is 248 g/mol. The Labute approximate surface area is 88.7 Å². The molecule has 5 heteroatoms. The third kappa shape index (κ3) is 1.69. The molecular formula is C9H7BrN2O2. The van der Waals surface area contributed by atoms with Crippen LogP contribution in [0, 0.1) is 0 Å². The molecule has 0 saturated heterocycles. The van der Waals surface area contributed by atoms with Gasteiger partial charge in [0, 0.05) is 11.8 Å². The van der Waals surface area contributed by atoms with E-state index in [0.29, 0.717) is 11.3 Å². The average molecular weight is 255 g/mol. The van der Waals surface area contributed by atoms with Crippen molar-refractivity contribution in [2.75, 3.05) is 0 Å². The predicted octanol–water partition coefficient (Wildman–Crippen LogP) is 1.91. The molecule has 0 amide bonds. The molecule has 1 N–H and O–H groups in total. The Hall–Kier alpha value is -1.20. The van der Waals surface area contributed by atoms with Crippen molar-refractivity contribution in [2.45, 2.75) is 6.10 Å². The van der Waals surface area contributed by atoms with Gasteiger partial charge in [-0.3, -0.25) is 0 Å². The minimum Gasteiger partial charge on any atom is -0.465 e. The van der Waals surface area contributed by atoms with Crippen molar-refractivity contribution in [1.29, 1.82) is 0 Å². The van der Waals surface area contributed by atoms with Gasteiger partial charge in [0.1, 0.15) is 6.10 Å². The molecule has 2 aromatic heterocycles. The summed E-state index contributed by atoms with van der Waals surface area (Å²) in [6.07, 6.45) is 3.72. The molecule has 0 fully saturated rings. The minimum atomic E-state index is -0.810. The number of hydrogen-bond acceptors (Lipinski definition) is 4. The second-order valence-corrected chi connectivity index (χ2v) is 3.57. The Morgan fingerprint density at radius 3 is 2.79 bits per heavy atom. The summed E-state index contributed by atoms with van der Waals surface area (Å²) in [5.74, 6) is 0.470. The standard InChI is InChI=1S/C9H7BrN2O2/c10-7-2-4-14-9(7)8(13)6-1-3-11-12-5-6/h1-5,8,13H. The molecule has 2 heterocycles. The predicted molar refractivity (Wildman–Crippen MR) is 52.5 cm³/mol. The number of aromatic nitrogens is 2. The highest BCUT2D eigenvalue weighted by Crippen LogP contribution is 2.28. The van der Waals surface area contributed by atoms with Gasteiger partial charge in [0.15, 0.2) is 5.76 Å². The van der Waals surface area contributed by atoms with E-state index in [1.54, 1.807) is 12.1 Å². The van der Waals surface area contributed by atoms with Crippen LogP contribution in [0.2, 0.25) is 0 Å². The molecule has 0 aliphatic heterocycles. The van der Waals surface area contributed by atoms with Gasteiger partial charge in [0.25, 0.3) is 0 Å². The van der Waals surface area contributed by atoms with Crippen LogP contribution < -0.4 is 0 Å². The molecule has 2 rings (SSSR count). The number of nitrogens with zero attached hydrogens (tertiary/aromatic N) is 2. The van der Waals surface area contributed by atoms with Crippen molar-refractivity contribution in [3.05, 3.63) is 46.6 Å². The Morgan fingerprint density at radius 2 is 2.21 bits per heavy atom. The smallest absolute Gasteiger partial charge is 0.151 e. The highest BCUT2D eigenvalue weighted by molar-refractivity contribution is 9.10. The third-order valence-electron chi connectivity index (χ3n) is 1.82. The van der Waals surface area contributed by atoms with Crippen LogP contribution in [0.1, 0.15) is 17.4 Å². The third-order valence-corrected chi connectivity index (χ3v) is 2.47. The number of furan rings is 1. The zero-order chi connectivity index (χ0) is 9.97. The summed E-state index contributed by atoms with van der Waals surface area (Å²) in [7, 11) is 0. The van der Waals surface area contributed by atoms with Gasteiger partial charge in [-0.1, -0.05) is 0 Å². The lowest BCUT2D eigenvalue weighted by atomic mass is 10.1. The molecule has 14 heavy (non-hydrogen) atoms. The molecule has 2 aromatic rings. The summed E-state index contributed by atoms with van der Waals surface area (Å²) in [6.45, 7) is 0. The van der Waals surface area contributed by atoms with E-state index < -0.39 is 6.10 Å². The molecule has 1 unspecified atom stereocenters. The SMILES string of the molecule is OC(c1ccnnc1)c1occc1Br. The summed E-state index contributed by atoms with van der Waals surface area (Å²) in [5.41, 5.74) is 0.649. The fourth-order valence-electron chi connectivity index (χ4n) is 1.11. The van der Waals surface area contributed by atoms with Crippen molar-refractivity contribution in [1.82, 2.24) is 10.2 Å². The van der Waals surface area contributed by atoms with Crippen molar-refractivity contribution in [3.8, 4) is 0 Å². The first-order chi connectivity index (χ1) is 6.79. The first-order valence-electron chi connectivity index (χ1n) is 3.96. The first kappa shape index (κ1) is 9.36. The van der Waals surface area contributed by atoms with Crippen molar-refractivity contribution in [2.24, 2.45) is 0 Å². The normalized spacial score (nSPS) is 12.7. The fourth-order valence-corrected chi connectivity index (χ4v) is 1.53. The zero-order valence-corrected chi connectivity index (χ0v) is 8.68. The number of rotatable bonds is 2. The molecule has 0 bridgehead atoms. The quantitative estimate of drug-likeness (QED) is 0.890. The molecule has 72 valence electrons. The Morgan fingerprint density at radius 1 is 1.36 bits per heavy atom. The number of aliphatic hydroxyl groups excluding tert-OH is 1. The van der Waals surface area contributed by atoms with Crippen molar-refractivity contribution >= 4 is 15.9 Å². The molecule has 0 aromatic carbocycles. The van der Waals surface area contributed by atoms with E-state index in [1.165, 1.54) is 18.7 Å². The topological polar surface area (TPSA) is 59.2 Å². The van der Waals surface area contributed by atoms with Gasteiger partial charge in [-0.2, -0.15) is 10.2 Å². The Bertz CT molecular complexity index is 416. The lowest BCUT2D eigenvalue weighted by Gasteiger charge is -2.06. The number of aliphatic hydroxyl groups is 1. The molecule has 1 atom stereocenters. The summed E-state index contributed by atoms with van der Waals surface area (Å²) < 4.78 is 5.87. The van der Waals surface area contributed by atoms with Gasteiger partial charge in [-0.25, -0.2) is 0 Å². The van der Waals surface area contributed by atoms with Crippen LogP contribution in [0.25, 0.3) is 0 Å². The van der Waals surface area contributed by atoms with Crippen molar-refractivity contribution < 1.29 is 9.52 Å². The lowest BCUT2D eigenvalue weighted by molar-refractivity contribution is 0.187. The minimum absolute atomic E-state index is 0.470. The van der Waals surface area contributed by atoms with Gasteiger partial charge in [0.05, 0.1) is 16.9 Å². The van der Waals surface area contributed by atoms with Gasteiger partial charge >= 0.3 is 0 Å². The van der Waals surface area contributed by atoms with E-state index >= 15 is 0 Å². The fraction of sp³-hybridized carbons (Fsp3) is 0.111. The second-order valence-electron chi connectivity index (χ2n) is 2.71. The average Bonchev–Trinajstić information content (AvgIpc) is 2.65. The van der Waals surface area contributed by atoms with Gasteiger partial charge in [-0.15, -0.1) is 0 Å². The van der Waals surface area contributed by atoms with E-state index in [1.807, 2.05) is 0 Å². The molecule has 0 radical (unpaired) electrons. The van der Waals surface area contributed by atoms with E-state index in [9.17, 15) is 5.11 Å². The maximum Gasteiger partial charge on any atom is 0.151 e. The van der Waals surface area contributed by atoms with Crippen LogP contribution in [0.15, 0.2) is 39.7 Å². The number of halogens is 1. The van der Waals surface area contributed by atoms with E-state index in [-0.39, 0.29) is 0 Å². The molecule has 0 aliphatic rings. The molecule has 0 aliphatic carbocycles. The monoisotopic (exact) mass is 254 g/mol. The van der Waals surface area contributed by atoms with E-state index in [4.69, 9.17) is 4.42 Å². The Balaban J connectivity index is 2.34. The number of hydrogen-bond donors (Lipinski definition) is 1. The summed E-state index contributed by atoms with van der Waals surface area (Å²) in [4.78, 5) is 0. The Kier molecular flexibility index (Phi) is 2.60. The van der Waals surface area contributed by atoms with Crippen molar-refractivity contribution in [3.63, 3.8) is 0 Å². The highest BCUT2D eigenvalue weighted by Gasteiger charge is 2.16. The first-order valence-corrected chi connectivity index (χ1v) is 4.76. The second kappa shape index (κ2) is 3.89. The highest BCUT2D eigenvalue weighted by atomic mass is 79.9. The lowest BCUT2D eigenvalue weighted by Crippen LogP contribution is -1.99. The maximum absolute atomic E-state index is 9.87. The van der Waals surface area contributed by atoms with Gasteiger partial charge < -0.3 is 9.52 Å². The van der Waals surface area contributed by atoms with Crippen LogP contribution >= 0.6 is 15.9 Å². The van der Waals surface area contributed by atoms with Crippen LogP contribution in [0.5, 0.6) is 0 Å². The zero-order valence-electron chi connectivity index (χ0n) is 7.09. The summed E-state index contributed by atoms with van der Waals surface area (Å²) >= 11 is 3.27. The van der Waals surface area contributed by atoms with Crippen LogP contribution in [-0.2, 0) is 0 Å². The van der Waals surface area contributed by atoms with Crippen LogP contribution in [0.3, 0.4) is 0 Å². The van der Waals surface area contributed by atoms with E-state index in [0.717, 1.165) is 4.47 Å². The largest absolute Gasteiger partial charge is 0.465 e. The molecule has 0 spiro atoms. The van der Waals surface area contributed by atoms with Crippen LogP contribution in [0.4, 0.5) is 0 Å². The summed E-state index contributed by atoms with van der Waals surface area (Å²) in [6, 6.07) is 3.42. The van der Waals surface area contributed by atoms with Crippen LogP contribution in [-0.4, -0.2) is 15.3 Å². The van der Waals surface area contributed by atoms with Gasteiger partial charge in [0.2, 0.25) is 0 Å². The van der Waals surface area contributed by atoms with Gasteiger partial charge in [-0.05, 0) is 28.1 Å².